The first-order valence-corrected chi connectivity index (χ1v) is 6.01. The molecule has 0 aromatic heterocycles. The third-order valence-corrected chi connectivity index (χ3v) is 2.89. The second-order valence-electron chi connectivity index (χ2n) is 4.49. The maximum Gasteiger partial charge on any atom is 0.298 e. The van der Waals surface area contributed by atoms with E-state index in [1.54, 1.807) is 13.0 Å². The van der Waals surface area contributed by atoms with Crippen molar-refractivity contribution in [2.24, 2.45) is 0 Å². The Bertz CT molecular complexity index is 705. The molecule has 110 valence electrons. The van der Waals surface area contributed by atoms with E-state index in [2.05, 4.69) is 5.32 Å². The molecule has 2 aromatic carbocycles. The van der Waals surface area contributed by atoms with Crippen LogP contribution in [-0.4, -0.2) is 4.92 Å². The zero-order valence-corrected chi connectivity index (χ0v) is 11.0. The van der Waals surface area contributed by atoms with Crippen LogP contribution in [0.2, 0.25) is 0 Å². The molecule has 0 spiro atoms. The normalized spacial score (nSPS) is 10.5. The molecule has 0 aliphatic carbocycles. The summed E-state index contributed by atoms with van der Waals surface area (Å²) in [6.45, 7) is 1.60. The number of anilines is 1. The van der Waals surface area contributed by atoms with Gasteiger partial charge in [-0.15, -0.1) is 0 Å². The van der Waals surface area contributed by atoms with E-state index in [9.17, 15) is 23.3 Å². The quantitative estimate of drug-likeness (QED) is 0.687. The second-order valence-corrected chi connectivity index (χ2v) is 4.49. The average molecular weight is 296 g/mol. The number of hydrogen-bond donors (Lipinski definition) is 1. The standard InChI is InChI=1S/C14H11F3N2O2/c1-8-2-3-11(16)9(4-8)7-18-14-12(17)5-10(15)6-13(14)19(20)21/h2-6,18H,7H2,1H3. The minimum atomic E-state index is -1.10. The van der Waals surface area contributed by atoms with Crippen molar-refractivity contribution < 1.29 is 18.1 Å². The summed E-state index contributed by atoms with van der Waals surface area (Å²) >= 11 is 0. The molecule has 0 unspecified atom stereocenters. The molecule has 21 heavy (non-hydrogen) atoms. The lowest BCUT2D eigenvalue weighted by molar-refractivity contribution is -0.384. The van der Waals surface area contributed by atoms with Gasteiger partial charge in [0.2, 0.25) is 0 Å². The van der Waals surface area contributed by atoms with Crippen LogP contribution in [0.4, 0.5) is 24.5 Å². The van der Waals surface area contributed by atoms with Gasteiger partial charge in [-0.1, -0.05) is 17.7 Å². The van der Waals surface area contributed by atoms with Gasteiger partial charge in [0.25, 0.3) is 5.69 Å². The molecular weight excluding hydrogens is 285 g/mol. The molecule has 2 aromatic rings. The largest absolute Gasteiger partial charge is 0.373 e. The molecule has 2 rings (SSSR count). The Hall–Kier alpha value is -2.57. The number of hydrogen-bond acceptors (Lipinski definition) is 3. The van der Waals surface area contributed by atoms with Gasteiger partial charge < -0.3 is 5.32 Å². The van der Waals surface area contributed by atoms with Crippen molar-refractivity contribution >= 4 is 11.4 Å². The molecule has 0 radical (unpaired) electrons. The lowest BCUT2D eigenvalue weighted by atomic mass is 10.1. The fourth-order valence-electron chi connectivity index (χ4n) is 1.90. The number of benzene rings is 2. The van der Waals surface area contributed by atoms with Crippen LogP contribution in [0.25, 0.3) is 0 Å². The van der Waals surface area contributed by atoms with Crippen molar-refractivity contribution in [2.45, 2.75) is 13.5 Å². The Morgan fingerprint density at radius 1 is 1.14 bits per heavy atom. The van der Waals surface area contributed by atoms with Crippen LogP contribution in [0, 0.1) is 34.5 Å². The van der Waals surface area contributed by atoms with Crippen LogP contribution in [0.3, 0.4) is 0 Å². The Balaban J connectivity index is 2.32. The first-order chi connectivity index (χ1) is 9.88. The number of halogens is 3. The summed E-state index contributed by atoms with van der Waals surface area (Å²) in [6.07, 6.45) is 0. The molecule has 0 aliphatic rings. The highest BCUT2D eigenvalue weighted by atomic mass is 19.1. The topological polar surface area (TPSA) is 55.2 Å². The monoisotopic (exact) mass is 296 g/mol. The first-order valence-electron chi connectivity index (χ1n) is 6.01. The average Bonchev–Trinajstić information content (AvgIpc) is 2.40. The summed E-state index contributed by atoms with van der Waals surface area (Å²) in [5.41, 5.74) is -0.182. The van der Waals surface area contributed by atoms with Gasteiger partial charge in [0.05, 0.1) is 11.0 Å². The Kier molecular flexibility index (Phi) is 4.11. The Morgan fingerprint density at radius 3 is 2.52 bits per heavy atom. The number of aryl methyl sites for hydroxylation is 1. The number of nitro benzene ring substituents is 1. The van der Waals surface area contributed by atoms with Crippen LogP contribution in [-0.2, 0) is 6.54 Å². The maximum absolute atomic E-state index is 13.7. The van der Waals surface area contributed by atoms with Crippen LogP contribution >= 0.6 is 0 Å². The molecule has 0 atom stereocenters. The highest BCUT2D eigenvalue weighted by Crippen LogP contribution is 2.29. The number of nitrogens with zero attached hydrogens (tertiary/aromatic N) is 1. The molecule has 0 fully saturated rings. The van der Waals surface area contributed by atoms with Crippen molar-refractivity contribution in [1.29, 1.82) is 0 Å². The van der Waals surface area contributed by atoms with Crippen molar-refractivity contribution in [3.05, 3.63) is 69.0 Å². The van der Waals surface area contributed by atoms with E-state index in [1.807, 2.05) is 0 Å². The third kappa shape index (κ3) is 3.31. The molecule has 1 N–H and O–H groups in total. The van der Waals surface area contributed by atoms with Crippen LogP contribution in [0.1, 0.15) is 11.1 Å². The SMILES string of the molecule is Cc1ccc(F)c(CNc2c(F)cc(F)cc2[N+](=O)[O-])c1. The fourth-order valence-corrected chi connectivity index (χ4v) is 1.90. The molecule has 0 heterocycles. The van der Waals surface area contributed by atoms with Crippen LogP contribution in [0.5, 0.6) is 0 Å². The fraction of sp³-hybridized carbons (Fsp3) is 0.143. The van der Waals surface area contributed by atoms with Gasteiger partial charge in [0, 0.05) is 18.2 Å². The maximum atomic E-state index is 13.7. The smallest absolute Gasteiger partial charge is 0.298 e. The third-order valence-electron chi connectivity index (χ3n) is 2.89. The number of rotatable bonds is 4. The van der Waals surface area contributed by atoms with E-state index in [1.165, 1.54) is 12.1 Å². The molecule has 0 saturated carbocycles. The summed E-state index contributed by atoms with van der Waals surface area (Å²) in [5.74, 6) is -2.67. The lowest BCUT2D eigenvalue weighted by Crippen LogP contribution is -2.07. The minimum Gasteiger partial charge on any atom is -0.373 e. The molecule has 0 amide bonds. The molecular formula is C14H11F3N2O2. The molecule has 0 aliphatic heterocycles. The predicted molar refractivity (Wildman–Crippen MR) is 71.5 cm³/mol. The number of nitro groups is 1. The summed E-state index contributed by atoms with van der Waals surface area (Å²) < 4.78 is 40.2. The first kappa shape index (κ1) is 14.8. The number of nitrogens with one attached hydrogen (secondary N) is 1. The van der Waals surface area contributed by atoms with Crippen molar-refractivity contribution in [1.82, 2.24) is 0 Å². The summed E-state index contributed by atoms with van der Waals surface area (Å²) in [4.78, 5) is 9.92. The van der Waals surface area contributed by atoms with Crippen molar-refractivity contribution in [3.63, 3.8) is 0 Å². The van der Waals surface area contributed by atoms with E-state index in [-0.39, 0.29) is 12.1 Å². The highest BCUT2D eigenvalue weighted by Gasteiger charge is 2.20. The Labute approximate surface area is 118 Å². The highest BCUT2D eigenvalue weighted by molar-refractivity contribution is 5.62. The zero-order valence-electron chi connectivity index (χ0n) is 11.0. The van der Waals surface area contributed by atoms with Gasteiger partial charge in [-0.05, 0) is 13.0 Å². The summed E-state index contributed by atoms with van der Waals surface area (Å²) in [6, 6.07) is 5.50. The van der Waals surface area contributed by atoms with Gasteiger partial charge in [-0.3, -0.25) is 10.1 Å². The molecule has 4 nitrogen and oxygen atoms in total. The van der Waals surface area contributed by atoms with Gasteiger partial charge in [-0.2, -0.15) is 0 Å². The zero-order chi connectivity index (χ0) is 15.6. The molecule has 0 bridgehead atoms. The minimum absolute atomic E-state index is 0.156. The van der Waals surface area contributed by atoms with Gasteiger partial charge >= 0.3 is 0 Å². The van der Waals surface area contributed by atoms with Gasteiger partial charge in [0.1, 0.15) is 17.3 Å². The van der Waals surface area contributed by atoms with Crippen molar-refractivity contribution in [2.75, 3.05) is 5.32 Å². The summed E-state index contributed by atoms with van der Waals surface area (Å²) in [7, 11) is 0. The van der Waals surface area contributed by atoms with E-state index in [4.69, 9.17) is 0 Å². The Morgan fingerprint density at radius 2 is 1.86 bits per heavy atom. The van der Waals surface area contributed by atoms with E-state index in [0.717, 1.165) is 5.56 Å². The summed E-state index contributed by atoms with van der Waals surface area (Å²) in [5, 5.41) is 13.3. The van der Waals surface area contributed by atoms with E-state index in [0.29, 0.717) is 12.1 Å². The van der Waals surface area contributed by atoms with Gasteiger partial charge in [0.15, 0.2) is 5.82 Å². The van der Waals surface area contributed by atoms with Crippen LogP contribution in [0.15, 0.2) is 30.3 Å². The van der Waals surface area contributed by atoms with Gasteiger partial charge in [-0.25, -0.2) is 13.2 Å². The van der Waals surface area contributed by atoms with Crippen LogP contribution < -0.4 is 5.32 Å². The predicted octanol–water partition coefficient (Wildman–Crippen LogP) is 3.93. The van der Waals surface area contributed by atoms with Crippen molar-refractivity contribution in [3.8, 4) is 0 Å². The molecule has 0 saturated heterocycles. The lowest BCUT2D eigenvalue weighted by Gasteiger charge is -2.10. The second kappa shape index (κ2) is 5.82. The van der Waals surface area contributed by atoms with E-state index < -0.39 is 33.7 Å². The molecule has 7 heteroatoms. The van der Waals surface area contributed by atoms with E-state index >= 15 is 0 Å².